The van der Waals surface area contributed by atoms with E-state index in [-0.39, 0.29) is 36.6 Å². The Morgan fingerprint density at radius 3 is 2.81 bits per heavy atom. The third-order valence-corrected chi connectivity index (χ3v) is 2.53. The fourth-order valence-corrected chi connectivity index (χ4v) is 1.56. The molecular formula is C10H16N2O4. The summed E-state index contributed by atoms with van der Waals surface area (Å²) in [5.41, 5.74) is 0. The number of carbonyl (C=O) groups excluding carboxylic acids is 2. The van der Waals surface area contributed by atoms with Gasteiger partial charge in [0, 0.05) is 25.4 Å². The van der Waals surface area contributed by atoms with Crippen molar-refractivity contribution in [2.24, 2.45) is 5.92 Å². The number of carboxylic acid groups (broad SMARTS) is 1. The average Bonchev–Trinajstić information content (AvgIpc) is 2.62. The second-order valence-electron chi connectivity index (χ2n) is 4.05. The molecule has 0 saturated carbocycles. The molecule has 1 fully saturated rings. The summed E-state index contributed by atoms with van der Waals surface area (Å²) in [5.74, 6) is -1.49. The van der Waals surface area contributed by atoms with Gasteiger partial charge in [-0.05, 0) is 13.3 Å². The molecule has 0 bridgehead atoms. The lowest BCUT2D eigenvalue weighted by Gasteiger charge is -2.15. The van der Waals surface area contributed by atoms with E-state index in [2.05, 4.69) is 10.6 Å². The van der Waals surface area contributed by atoms with E-state index in [1.807, 2.05) is 0 Å². The second-order valence-corrected chi connectivity index (χ2v) is 4.05. The van der Waals surface area contributed by atoms with Crippen molar-refractivity contribution in [1.29, 1.82) is 0 Å². The molecule has 6 nitrogen and oxygen atoms in total. The Morgan fingerprint density at radius 2 is 2.31 bits per heavy atom. The number of hydrogen-bond acceptors (Lipinski definition) is 3. The van der Waals surface area contributed by atoms with Gasteiger partial charge in [0.15, 0.2) is 0 Å². The zero-order valence-corrected chi connectivity index (χ0v) is 9.16. The van der Waals surface area contributed by atoms with Gasteiger partial charge < -0.3 is 15.7 Å². The number of nitrogens with one attached hydrogen (secondary N) is 2. The highest BCUT2D eigenvalue weighted by molar-refractivity contribution is 5.89. The molecule has 16 heavy (non-hydrogen) atoms. The smallest absolute Gasteiger partial charge is 0.303 e. The zero-order valence-electron chi connectivity index (χ0n) is 9.16. The molecule has 3 N–H and O–H groups in total. The fraction of sp³-hybridized carbons (Fsp3) is 0.700. The van der Waals surface area contributed by atoms with Crippen molar-refractivity contribution < 1.29 is 19.5 Å². The van der Waals surface area contributed by atoms with Crippen molar-refractivity contribution in [3.05, 3.63) is 0 Å². The van der Waals surface area contributed by atoms with Crippen molar-refractivity contribution in [2.45, 2.75) is 32.2 Å². The second kappa shape index (κ2) is 5.48. The largest absolute Gasteiger partial charge is 0.481 e. The molecule has 2 amide bonds. The first-order valence-electron chi connectivity index (χ1n) is 5.28. The van der Waals surface area contributed by atoms with Crippen LogP contribution in [0.15, 0.2) is 0 Å². The molecule has 90 valence electrons. The predicted octanol–water partition coefficient (Wildman–Crippen LogP) is -0.508. The Hall–Kier alpha value is -1.59. The van der Waals surface area contributed by atoms with Crippen LogP contribution in [0.4, 0.5) is 0 Å². The van der Waals surface area contributed by atoms with E-state index in [0.29, 0.717) is 13.0 Å². The minimum Gasteiger partial charge on any atom is -0.481 e. The maximum absolute atomic E-state index is 11.6. The van der Waals surface area contributed by atoms with Crippen molar-refractivity contribution in [3.8, 4) is 0 Å². The number of amides is 2. The summed E-state index contributed by atoms with van der Waals surface area (Å²) in [6.45, 7) is 2.13. The van der Waals surface area contributed by atoms with Crippen LogP contribution in [-0.2, 0) is 14.4 Å². The normalized spacial score (nSPS) is 21.3. The Labute approximate surface area is 93.4 Å². The standard InChI is InChI=1S/C10H16N2O4/c1-6(2-3-9(14)15)12-10(16)7-4-8(13)11-5-7/h6-7H,2-5H2,1H3,(H,11,13)(H,12,16)(H,14,15). The van der Waals surface area contributed by atoms with E-state index in [9.17, 15) is 14.4 Å². The van der Waals surface area contributed by atoms with Gasteiger partial charge in [0.25, 0.3) is 0 Å². The first-order valence-corrected chi connectivity index (χ1v) is 5.28. The van der Waals surface area contributed by atoms with Gasteiger partial charge in [-0.1, -0.05) is 0 Å². The number of carboxylic acids is 1. The van der Waals surface area contributed by atoms with Crippen LogP contribution in [-0.4, -0.2) is 35.5 Å². The minimum atomic E-state index is -0.876. The van der Waals surface area contributed by atoms with E-state index in [1.165, 1.54) is 0 Å². The third-order valence-electron chi connectivity index (χ3n) is 2.53. The molecule has 1 aliphatic rings. The van der Waals surface area contributed by atoms with Crippen LogP contribution >= 0.6 is 0 Å². The summed E-state index contributed by atoms with van der Waals surface area (Å²) >= 11 is 0. The van der Waals surface area contributed by atoms with Crippen LogP contribution in [0, 0.1) is 5.92 Å². The quantitative estimate of drug-likeness (QED) is 0.590. The van der Waals surface area contributed by atoms with Gasteiger partial charge >= 0.3 is 5.97 Å². The van der Waals surface area contributed by atoms with Gasteiger partial charge in [-0.25, -0.2) is 0 Å². The van der Waals surface area contributed by atoms with Gasteiger partial charge in [-0.15, -0.1) is 0 Å². The van der Waals surface area contributed by atoms with E-state index < -0.39 is 5.97 Å². The SMILES string of the molecule is CC(CCC(=O)O)NC(=O)C1CNC(=O)C1. The summed E-state index contributed by atoms with van der Waals surface area (Å²) in [7, 11) is 0. The minimum absolute atomic E-state index is 0.0310. The molecule has 1 aliphatic heterocycles. The molecule has 0 spiro atoms. The highest BCUT2D eigenvalue weighted by Crippen LogP contribution is 2.09. The molecule has 1 rings (SSSR count). The van der Waals surface area contributed by atoms with Crippen LogP contribution < -0.4 is 10.6 Å². The highest BCUT2D eigenvalue weighted by Gasteiger charge is 2.28. The van der Waals surface area contributed by atoms with Crippen molar-refractivity contribution in [1.82, 2.24) is 10.6 Å². The highest BCUT2D eigenvalue weighted by atomic mass is 16.4. The molecule has 6 heteroatoms. The predicted molar refractivity (Wildman–Crippen MR) is 55.6 cm³/mol. The van der Waals surface area contributed by atoms with E-state index >= 15 is 0 Å². The maximum atomic E-state index is 11.6. The van der Waals surface area contributed by atoms with Crippen LogP contribution in [0.5, 0.6) is 0 Å². The Kier molecular flexibility index (Phi) is 4.28. The topological polar surface area (TPSA) is 95.5 Å². The fourth-order valence-electron chi connectivity index (χ4n) is 1.56. The van der Waals surface area contributed by atoms with Crippen LogP contribution in [0.1, 0.15) is 26.2 Å². The van der Waals surface area contributed by atoms with Crippen LogP contribution in [0.25, 0.3) is 0 Å². The van der Waals surface area contributed by atoms with E-state index in [1.54, 1.807) is 6.92 Å². The number of rotatable bonds is 5. The van der Waals surface area contributed by atoms with Crippen molar-refractivity contribution >= 4 is 17.8 Å². The lowest BCUT2D eigenvalue weighted by Crippen LogP contribution is -2.38. The van der Waals surface area contributed by atoms with Crippen LogP contribution in [0.2, 0.25) is 0 Å². The number of aliphatic carboxylic acids is 1. The first kappa shape index (κ1) is 12.5. The van der Waals surface area contributed by atoms with Gasteiger partial charge in [0.05, 0.1) is 5.92 Å². The molecule has 0 aliphatic carbocycles. The maximum Gasteiger partial charge on any atom is 0.303 e. The Bertz CT molecular complexity index is 303. The van der Waals surface area contributed by atoms with Gasteiger partial charge in [0.1, 0.15) is 0 Å². The average molecular weight is 228 g/mol. The van der Waals surface area contributed by atoms with E-state index in [4.69, 9.17) is 5.11 Å². The third kappa shape index (κ3) is 3.88. The van der Waals surface area contributed by atoms with Crippen molar-refractivity contribution in [2.75, 3.05) is 6.54 Å². The van der Waals surface area contributed by atoms with E-state index in [0.717, 1.165) is 0 Å². The Morgan fingerprint density at radius 1 is 1.62 bits per heavy atom. The summed E-state index contributed by atoms with van der Waals surface area (Å²) in [6.07, 6.45) is 0.649. The monoisotopic (exact) mass is 228 g/mol. The Balaban J connectivity index is 2.28. The number of carbonyl (C=O) groups is 3. The summed E-state index contributed by atoms with van der Waals surface area (Å²) in [5, 5.41) is 13.8. The van der Waals surface area contributed by atoms with Crippen molar-refractivity contribution in [3.63, 3.8) is 0 Å². The van der Waals surface area contributed by atoms with Gasteiger partial charge in [0.2, 0.25) is 11.8 Å². The summed E-state index contributed by atoms with van der Waals surface area (Å²) in [6, 6.07) is -0.181. The zero-order chi connectivity index (χ0) is 12.1. The molecular weight excluding hydrogens is 212 g/mol. The number of hydrogen-bond donors (Lipinski definition) is 3. The summed E-state index contributed by atoms with van der Waals surface area (Å²) in [4.78, 5) is 32.8. The van der Waals surface area contributed by atoms with Crippen LogP contribution in [0.3, 0.4) is 0 Å². The molecule has 2 unspecified atom stereocenters. The molecule has 0 aromatic carbocycles. The van der Waals surface area contributed by atoms with Gasteiger partial charge in [-0.2, -0.15) is 0 Å². The molecule has 1 saturated heterocycles. The molecule has 0 radical (unpaired) electrons. The molecule has 0 aromatic heterocycles. The first-order chi connectivity index (χ1) is 7.49. The molecule has 2 atom stereocenters. The summed E-state index contributed by atoms with van der Waals surface area (Å²) < 4.78 is 0. The van der Waals surface area contributed by atoms with Gasteiger partial charge in [-0.3, -0.25) is 14.4 Å². The lowest BCUT2D eigenvalue weighted by molar-refractivity contribution is -0.137. The molecule has 1 heterocycles. The lowest BCUT2D eigenvalue weighted by atomic mass is 10.1. The molecule has 0 aromatic rings.